The van der Waals surface area contributed by atoms with Crippen LogP contribution < -0.4 is 19.5 Å². The number of piperazine rings is 1. The molecule has 4 aromatic carbocycles. The summed E-state index contributed by atoms with van der Waals surface area (Å²) in [6.45, 7) is 20.4. The lowest BCUT2D eigenvalue weighted by molar-refractivity contribution is -0.128. The molecule has 1 saturated heterocycles. The predicted molar refractivity (Wildman–Crippen MR) is 396 cm³/mol. The lowest BCUT2D eigenvalue weighted by Crippen LogP contribution is -2.53. The summed E-state index contributed by atoms with van der Waals surface area (Å²) >= 11 is 0. The van der Waals surface area contributed by atoms with Crippen LogP contribution in [0.4, 0.5) is 0 Å². The minimum Gasteiger partial charge on any atom is -0.497 e. The van der Waals surface area contributed by atoms with E-state index in [9.17, 15) is 13.8 Å². The first-order valence-corrected chi connectivity index (χ1v) is 37.2. The molecule has 498 valence electrons. The van der Waals surface area contributed by atoms with E-state index in [-0.39, 0.29) is 23.8 Å². The van der Waals surface area contributed by atoms with E-state index >= 15 is 0 Å². The van der Waals surface area contributed by atoms with E-state index in [1.807, 2.05) is 35.6 Å². The molecular weight excluding hydrogens is 1200 g/mol. The molecule has 5 aliphatic rings. The normalized spacial score (nSPS) is 17.9. The van der Waals surface area contributed by atoms with E-state index in [2.05, 4.69) is 171 Å². The van der Waals surface area contributed by atoms with Crippen molar-refractivity contribution in [1.29, 1.82) is 0 Å². The number of ether oxygens (including phenoxy) is 2. The zero-order chi connectivity index (χ0) is 66.5. The number of nitrogens with one attached hydrogen (secondary N) is 3. The average molecular weight is 1300 g/mol. The summed E-state index contributed by atoms with van der Waals surface area (Å²) in [6.07, 6.45) is 20.2. The molecule has 0 radical (unpaired) electrons. The molecular formula is C76H102N10O5S2. The maximum atomic E-state index is 14.5. The zero-order valence-corrected chi connectivity index (χ0v) is 58.8. The minimum atomic E-state index is -2.73. The first-order valence-electron chi connectivity index (χ1n) is 33.6. The van der Waals surface area contributed by atoms with Gasteiger partial charge in [0.2, 0.25) is 0 Å². The summed E-state index contributed by atoms with van der Waals surface area (Å²) in [5.41, 5.74) is 18.6. The predicted octanol–water partition coefficient (Wildman–Crippen LogP) is 13.6. The van der Waals surface area contributed by atoms with Gasteiger partial charge < -0.3 is 38.4 Å². The molecule has 3 atom stereocenters. The molecule has 4 aliphatic heterocycles. The first kappa shape index (κ1) is 68.7. The van der Waals surface area contributed by atoms with Gasteiger partial charge in [0.15, 0.2) is 0 Å². The number of carbonyl (C=O) groups is 2. The lowest BCUT2D eigenvalue weighted by Gasteiger charge is -2.34. The van der Waals surface area contributed by atoms with E-state index in [1.54, 1.807) is 32.6 Å². The molecule has 0 bridgehead atoms. The van der Waals surface area contributed by atoms with Gasteiger partial charge >= 0.3 is 0 Å². The Kier molecular flexibility index (Phi) is 21.9. The van der Waals surface area contributed by atoms with Crippen LogP contribution in [-0.4, -0.2) is 155 Å². The monoisotopic (exact) mass is 1300 g/mol. The van der Waals surface area contributed by atoms with Gasteiger partial charge in [0.1, 0.15) is 15.6 Å². The third kappa shape index (κ3) is 14.9. The van der Waals surface area contributed by atoms with Gasteiger partial charge in [0, 0.05) is 152 Å². The molecule has 93 heavy (non-hydrogen) atoms. The molecule has 11 rings (SSSR count). The van der Waals surface area contributed by atoms with Gasteiger partial charge in [-0.05, 0) is 159 Å². The van der Waals surface area contributed by atoms with Crippen LogP contribution in [0.25, 0.3) is 56.1 Å². The van der Waals surface area contributed by atoms with Gasteiger partial charge in [-0.15, -0.1) is 0 Å². The smallest absolute Gasteiger partial charge is 0.261 e. The Morgan fingerprint density at radius 2 is 1.52 bits per heavy atom. The highest BCUT2D eigenvalue weighted by molar-refractivity contribution is 8.24. The van der Waals surface area contributed by atoms with E-state index in [1.165, 1.54) is 87.6 Å². The van der Waals surface area contributed by atoms with E-state index in [0.717, 1.165) is 116 Å². The van der Waals surface area contributed by atoms with Gasteiger partial charge in [-0.3, -0.25) is 23.6 Å². The van der Waals surface area contributed by atoms with Crippen LogP contribution >= 0.6 is 9.58 Å². The first-order chi connectivity index (χ1) is 44.6. The van der Waals surface area contributed by atoms with Crippen molar-refractivity contribution in [1.82, 2.24) is 42.3 Å². The summed E-state index contributed by atoms with van der Waals surface area (Å²) in [4.78, 5) is 36.9. The number of benzene rings is 4. The van der Waals surface area contributed by atoms with Crippen LogP contribution in [0.1, 0.15) is 147 Å². The fraction of sp³-hybridized carbons (Fsp3) is 0.447. The van der Waals surface area contributed by atoms with Crippen LogP contribution in [0.5, 0.6) is 5.75 Å². The Labute approximate surface area is 555 Å². The number of aromatic nitrogens is 2. The summed E-state index contributed by atoms with van der Waals surface area (Å²) in [7, 11) is 8.19. The van der Waals surface area contributed by atoms with Gasteiger partial charge in [0.25, 0.3) is 11.8 Å². The number of hydrogen-bond acceptors (Lipinski definition) is 9. The van der Waals surface area contributed by atoms with Crippen molar-refractivity contribution in [2.24, 2.45) is 10.9 Å². The van der Waals surface area contributed by atoms with Crippen molar-refractivity contribution in [3.05, 3.63) is 148 Å². The highest BCUT2D eigenvalue weighted by atomic mass is 32.2. The molecule has 17 heteroatoms. The number of nitrogens with zero attached hydrogens (tertiary/aromatic N) is 7. The molecule has 15 nitrogen and oxygen atoms in total. The molecule has 1 saturated carbocycles. The van der Waals surface area contributed by atoms with Crippen LogP contribution in [0.3, 0.4) is 0 Å². The Morgan fingerprint density at radius 3 is 2.19 bits per heavy atom. The van der Waals surface area contributed by atoms with E-state index in [0.29, 0.717) is 49.3 Å². The van der Waals surface area contributed by atoms with Crippen molar-refractivity contribution in [2.75, 3.05) is 82.2 Å². The number of amides is 2. The van der Waals surface area contributed by atoms with Crippen molar-refractivity contribution in [2.45, 2.75) is 135 Å². The molecule has 0 spiro atoms. The Morgan fingerprint density at radius 1 is 0.806 bits per heavy atom. The third-order valence-corrected chi connectivity index (χ3v) is 23.5. The molecule has 3 N–H and O–H groups in total. The van der Waals surface area contributed by atoms with E-state index in [4.69, 9.17) is 9.47 Å². The topological polar surface area (TPSA) is 141 Å². The molecule has 2 fully saturated rings. The molecule has 2 aromatic heterocycles. The fourth-order valence-electron chi connectivity index (χ4n) is 14.5. The van der Waals surface area contributed by atoms with Crippen molar-refractivity contribution < 1.29 is 23.3 Å². The second-order valence-corrected chi connectivity index (χ2v) is 31.4. The standard InChI is InChI=1S/C39H55N5O3S.C37H47N5O2S/c1-9-12-29(13-10-2)37-35-17-15-30(27(4)41-48(8,46)42(5)6)24-36(35)44-25-32(23-31-22-28(11-3)14-16-34(31)38(37)44)39(45)43-20-19-40-33(26-43)18-21-47-7;1-25(41(4)24-30-14-11-19-38-30)29-20-28-21-31(44-5)16-18-32(28)36-35(26-12-9-8-10-13-26)33-17-15-27(22-34(33)42(36)23-29)37(43)39-45(6,7)40(2)3/h14-17,22-24,29,33,40H,4,8-13,18-21,25-26H2,1-3,5-7H3,(H,41,46);11,15-19,21-22,26,29H,1,6-10,12-14,20,23-24H2,2-5H3,(H,39,43). The molecule has 3 unspecified atom stereocenters. The second kappa shape index (κ2) is 29.7. The zero-order valence-electron chi connectivity index (χ0n) is 57.1. The Balaban J connectivity index is 0.000000204. The maximum absolute atomic E-state index is 14.5. The van der Waals surface area contributed by atoms with Crippen LogP contribution in [-0.2, 0) is 45.4 Å². The number of aryl methyl sites for hydroxylation is 1. The number of aliphatic imine (C=N–C) groups is 1. The van der Waals surface area contributed by atoms with Crippen LogP contribution in [0.2, 0.25) is 0 Å². The fourth-order valence-corrected chi connectivity index (χ4v) is 15.8. The molecule has 6 heterocycles. The SMILES string of the molecule is C=C(C1Cc2cc(OC)ccc2-c2c(C3CCCCC3)c3ccc(C(=O)NS(=C)(=C)N(C)C)cc3n2C1)N(C)CC1=NC=CC1.C=C(NS(=C)(=O)N(C)C)c1ccc2c(C(CCC)CCC)c3n(c2c1)CC(C(=O)N1CCNC(CCOC)C1)=Cc1cc(CC)ccc1-3. The van der Waals surface area contributed by atoms with Crippen molar-refractivity contribution in [3.63, 3.8) is 0 Å². The number of carbonyl (C=O) groups excluding carboxylic acids is 2. The van der Waals surface area contributed by atoms with Crippen LogP contribution in [0.15, 0.2) is 114 Å². The molecule has 6 aromatic rings. The highest BCUT2D eigenvalue weighted by Crippen LogP contribution is 2.49. The van der Waals surface area contributed by atoms with Gasteiger partial charge in [-0.2, -0.15) is 0 Å². The number of methoxy groups -OCH3 is 2. The van der Waals surface area contributed by atoms with Crippen LogP contribution in [0, 0.1) is 5.92 Å². The quantitative estimate of drug-likeness (QED) is 0.0539. The van der Waals surface area contributed by atoms with Gasteiger partial charge in [-0.1, -0.05) is 118 Å². The minimum absolute atomic E-state index is 0.0895. The van der Waals surface area contributed by atoms with Crippen molar-refractivity contribution in [3.8, 4) is 28.3 Å². The summed E-state index contributed by atoms with van der Waals surface area (Å²) < 4.78 is 38.7. The number of fused-ring (bicyclic) bond motifs is 10. The molecule has 1 aliphatic carbocycles. The number of hydrogen-bond donors (Lipinski definition) is 3. The highest BCUT2D eigenvalue weighted by Gasteiger charge is 2.35. The van der Waals surface area contributed by atoms with Gasteiger partial charge in [0.05, 0.1) is 31.6 Å². The second-order valence-electron chi connectivity index (χ2n) is 26.6. The third-order valence-electron chi connectivity index (χ3n) is 19.8. The molecule has 2 amide bonds. The average Bonchev–Trinajstić information content (AvgIpc) is 1.59. The lowest BCUT2D eigenvalue weighted by atomic mass is 9.81. The summed E-state index contributed by atoms with van der Waals surface area (Å²) in [5, 5.41) is 6.02. The van der Waals surface area contributed by atoms with Crippen molar-refractivity contribution >= 4 is 88.2 Å². The van der Waals surface area contributed by atoms with E-state index < -0.39 is 19.5 Å². The van der Waals surface area contributed by atoms with Gasteiger partial charge in [-0.25, -0.2) is 8.51 Å². The number of rotatable bonds is 23. The Bertz CT molecular complexity index is 4120. The Hall–Kier alpha value is -7.12. The largest absolute Gasteiger partial charge is 0.497 e. The summed E-state index contributed by atoms with van der Waals surface area (Å²) in [6, 6.07) is 26.2. The number of allylic oxidation sites excluding steroid dienone is 2. The maximum Gasteiger partial charge on any atom is 0.261 e. The summed E-state index contributed by atoms with van der Waals surface area (Å²) in [5.74, 6) is 14.1.